The highest BCUT2D eigenvalue weighted by molar-refractivity contribution is 7.92. The van der Waals surface area contributed by atoms with Gasteiger partial charge in [0.2, 0.25) is 0 Å². The lowest BCUT2D eigenvalue weighted by Crippen LogP contribution is -2.14. The molecule has 32 heavy (non-hydrogen) atoms. The van der Waals surface area contributed by atoms with E-state index in [4.69, 9.17) is 4.42 Å². The lowest BCUT2D eigenvalue weighted by Gasteiger charge is -2.12. The van der Waals surface area contributed by atoms with Crippen molar-refractivity contribution in [3.63, 3.8) is 0 Å². The van der Waals surface area contributed by atoms with Crippen LogP contribution in [0.1, 0.15) is 16.9 Å². The minimum absolute atomic E-state index is 0.0451. The predicted octanol–water partition coefficient (Wildman–Crippen LogP) is 3.96. The molecule has 0 radical (unpaired) electrons. The van der Waals surface area contributed by atoms with Crippen LogP contribution in [0.25, 0.3) is 0 Å². The molecule has 1 aromatic heterocycles. The van der Waals surface area contributed by atoms with Gasteiger partial charge in [0.15, 0.2) is 5.76 Å². The third-order valence-corrected chi connectivity index (χ3v) is 5.63. The standard InChI is InChI=1S/C19H17N5O7S/c1-12-3-6-16(13(2)9-12)22-32(29,30)15-5-7-17(18(10-15)23(25)26)21-20-11-14-4-8-19(31-14)24(27)28/h3-11,21-22H,1-2H3/b20-11-. The fraction of sp³-hybridized carbons (Fsp3) is 0.105. The van der Waals surface area contributed by atoms with E-state index in [1.807, 2.05) is 6.92 Å². The van der Waals surface area contributed by atoms with Crippen molar-refractivity contribution in [2.24, 2.45) is 5.10 Å². The van der Waals surface area contributed by atoms with Gasteiger partial charge in [0.05, 0.1) is 27.8 Å². The summed E-state index contributed by atoms with van der Waals surface area (Å²) in [6.07, 6.45) is 1.09. The molecule has 0 unspecified atom stereocenters. The van der Waals surface area contributed by atoms with Gasteiger partial charge in [-0.15, -0.1) is 0 Å². The maximum atomic E-state index is 12.7. The summed E-state index contributed by atoms with van der Waals surface area (Å²) in [4.78, 5) is 20.3. The van der Waals surface area contributed by atoms with Crippen LogP contribution in [-0.4, -0.2) is 24.5 Å². The number of rotatable bonds is 8. The Labute approximate surface area is 181 Å². The number of benzene rings is 2. The van der Waals surface area contributed by atoms with Gasteiger partial charge in [-0.3, -0.25) is 30.4 Å². The van der Waals surface area contributed by atoms with Crippen molar-refractivity contribution in [1.82, 2.24) is 0 Å². The number of anilines is 2. The predicted molar refractivity (Wildman–Crippen MR) is 116 cm³/mol. The summed E-state index contributed by atoms with van der Waals surface area (Å²) in [5, 5.41) is 25.8. The van der Waals surface area contributed by atoms with Gasteiger partial charge in [-0.2, -0.15) is 5.10 Å². The molecule has 0 saturated heterocycles. The average molecular weight is 459 g/mol. The molecule has 2 aromatic carbocycles. The van der Waals surface area contributed by atoms with Crippen molar-refractivity contribution in [1.29, 1.82) is 0 Å². The Kier molecular flexibility index (Phi) is 6.20. The zero-order valence-corrected chi connectivity index (χ0v) is 17.6. The third kappa shape index (κ3) is 5.07. The number of nitro groups is 2. The molecule has 12 nitrogen and oxygen atoms in total. The van der Waals surface area contributed by atoms with Crippen LogP contribution >= 0.6 is 0 Å². The Bertz CT molecular complexity index is 1330. The van der Waals surface area contributed by atoms with E-state index in [0.717, 1.165) is 23.9 Å². The summed E-state index contributed by atoms with van der Waals surface area (Å²) in [6, 6.07) is 10.9. The number of sulfonamides is 1. The number of hydrogen-bond donors (Lipinski definition) is 2. The fourth-order valence-corrected chi connectivity index (χ4v) is 3.88. The molecule has 0 atom stereocenters. The molecule has 3 rings (SSSR count). The Morgan fingerprint density at radius 1 is 0.969 bits per heavy atom. The van der Waals surface area contributed by atoms with Gasteiger partial charge in [-0.25, -0.2) is 8.42 Å². The summed E-state index contributed by atoms with van der Waals surface area (Å²) >= 11 is 0. The second-order valence-electron chi connectivity index (χ2n) is 6.66. The van der Waals surface area contributed by atoms with Gasteiger partial charge in [0.25, 0.3) is 15.7 Å². The monoisotopic (exact) mass is 459 g/mol. The van der Waals surface area contributed by atoms with Gasteiger partial charge in [-0.1, -0.05) is 17.7 Å². The average Bonchev–Trinajstić information content (AvgIpc) is 3.19. The second kappa shape index (κ2) is 8.85. The number of nitro benzene ring substituents is 1. The van der Waals surface area contributed by atoms with Gasteiger partial charge in [-0.05, 0) is 43.7 Å². The van der Waals surface area contributed by atoms with Crippen LogP contribution < -0.4 is 10.1 Å². The molecule has 13 heteroatoms. The lowest BCUT2D eigenvalue weighted by molar-refractivity contribution is -0.402. The first kappa shape index (κ1) is 22.4. The summed E-state index contributed by atoms with van der Waals surface area (Å²) < 4.78 is 32.8. The summed E-state index contributed by atoms with van der Waals surface area (Å²) in [5.74, 6) is -0.438. The second-order valence-corrected chi connectivity index (χ2v) is 8.35. The first-order valence-electron chi connectivity index (χ1n) is 8.98. The largest absolute Gasteiger partial charge is 0.433 e. The first-order valence-corrected chi connectivity index (χ1v) is 10.5. The number of hydrazone groups is 1. The number of aryl methyl sites for hydroxylation is 2. The van der Waals surface area contributed by atoms with E-state index in [1.54, 1.807) is 25.1 Å². The van der Waals surface area contributed by atoms with E-state index in [9.17, 15) is 28.6 Å². The van der Waals surface area contributed by atoms with E-state index < -0.39 is 31.4 Å². The van der Waals surface area contributed by atoms with Gasteiger partial charge >= 0.3 is 5.88 Å². The maximum absolute atomic E-state index is 12.7. The molecule has 2 N–H and O–H groups in total. The maximum Gasteiger partial charge on any atom is 0.433 e. The highest BCUT2D eigenvalue weighted by atomic mass is 32.2. The van der Waals surface area contributed by atoms with Crippen LogP contribution in [0.4, 0.5) is 22.9 Å². The zero-order valence-electron chi connectivity index (χ0n) is 16.8. The SMILES string of the molecule is Cc1ccc(NS(=O)(=O)c2ccc(N/N=C\c3ccc([N+](=O)[O-])o3)c([N+](=O)[O-])c2)c(C)c1. The Balaban J connectivity index is 1.83. The van der Waals surface area contributed by atoms with Crippen LogP contribution in [0.2, 0.25) is 0 Å². The van der Waals surface area contributed by atoms with Crippen LogP contribution in [0.5, 0.6) is 0 Å². The molecular formula is C19H17N5O7S. The molecule has 0 aliphatic carbocycles. The van der Waals surface area contributed by atoms with E-state index in [1.165, 1.54) is 18.2 Å². The van der Waals surface area contributed by atoms with Crippen molar-refractivity contribution in [3.05, 3.63) is 85.6 Å². The first-order chi connectivity index (χ1) is 15.1. The number of nitrogens with zero attached hydrogens (tertiary/aromatic N) is 3. The van der Waals surface area contributed by atoms with Crippen molar-refractivity contribution in [2.75, 3.05) is 10.1 Å². The Hall–Kier alpha value is -4.26. The molecule has 0 spiro atoms. The molecule has 0 bridgehead atoms. The quantitative estimate of drug-likeness (QED) is 0.289. The summed E-state index contributed by atoms with van der Waals surface area (Å²) in [5.41, 5.74) is 3.81. The zero-order chi connectivity index (χ0) is 23.5. The van der Waals surface area contributed by atoms with Crippen molar-refractivity contribution >= 4 is 39.2 Å². The van der Waals surface area contributed by atoms with Gasteiger partial charge in [0, 0.05) is 6.07 Å². The Morgan fingerprint density at radius 2 is 1.69 bits per heavy atom. The van der Waals surface area contributed by atoms with E-state index in [-0.39, 0.29) is 16.3 Å². The van der Waals surface area contributed by atoms with Crippen LogP contribution in [0, 0.1) is 34.1 Å². The summed E-state index contributed by atoms with van der Waals surface area (Å²) in [7, 11) is -4.09. The van der Waals surface area contributed by atoms with Gasteiger partial charge in [0.1, 0.15) is 10.6 Å². The van der Waals surface area contributed by atoms with E-state index in [2.05, 4.69) is 15.2 Å². The Morgan fingerprint density at radius 3 is 2.31 bits per heavy atom. The molecule has 0 amide bonds. The third-order valence-electron chi connectivity index (χ3n) is 4.27. The van der Waals surface area contributed by atoms with Crippen molar-refractivity contribution < 1.29 is 22.7 Å². The molecule has 166 valence electrons. The van der Waals surface area contributed by atoms with Crippen molar-refractivity contribution in [2.45, 2.75) is 18.7 Å². The number of nitrogens with one attached hydrogen (secondary N) is 2. The molecule has 0 saturated carbocycles. The molecule has 0 fully saturated rings. The van der Waals surface area contributed by atoms with Gasteiger partial charge < -0.3 is 4.42 Å². The van der Waals surface area contributed by atoms with E-state index in [0.29, 0.717) is 11.3 Å². The highest BCUT2D eigenvalue weighted by Crippen LogP contribution is 2.29. The van der Waals surface area contributed by atoms with Crippen molar-refractivity contribution in [3.8, 4) is 0 Å². The fourth-order valence-electron chi connectivity index (χ4n) is 2.73. The minimum atomic E-state index is -4.09. The van der Waals surface area contributed by atoms with E-state index >= 15 is 0 Å². The minimum Gasteiger partial charge on any atom is -0.400 e. The highest BCUT2D eigenvalue weighted by Gasteiger charge is 2.22. The normalized spacial score (nSPS) is 11.4. The smallest absolute Gasteiger partial charge is 0.400 e. The molecular weight excluding hydrogens is 442 g/mol. The van der Waals surface area contributed by atoms with Crippen LogP contribution in [-0.2, 0) is 10.0 Å². The summed E-state index contributed by atoms with van der Waals surface area (Å²) in [6.45, 7) is 3.61. The topological polar surface area (TPSA) is 170 Å². The van der Waals surface area contributed by atoms with Crippen LogP contribution in [0.15, 0.2) is 62.9 Å². The lowest BCUT2D eigenvalue weighted by atomic mass is 10.1. The number of hydrogen-bond acceptors (Lipinski definition) is 9. The molecule has 0 aliphatic heterocycles. The molecule has 3 aromatic rings. The molecule has 0 aliphatic rings. The van der Waals surface area contributed by atoms with Crippen LogP contribution in [0.3, 0.4) is 0 Å². The number of furan rings is 1. The molecule has 1 heterocycles.